The number of hydrogen-bond donors (Lipinski definition) is 2. The number of amides is 2. The van der Waals surface area contributed by atoms with Gasteiger partial charge in [-0.1, -0.05) is 78.9 Å². The fourth-order valence-electron chi connectivity index (χ4n) is 2.89. The molecule has 29 heavy (non-hydrogen) atoms. The molecule has 3 aromatic carbocycles. The third-order valence-electron chi connectivity index (χ3n) is 4.47. The van der Waals surface area contributed by atoms with Crippen molar-refractivity contribution < 1.29 is 9.59 Å². The molecule has 0 aliphatic carbocycles. The van der Waals surface area contributed by atoms with E-state index in [0.717, 1.165) is 11.1 Å². The fraction of sp³-hybridized carbons (Fsp3) is 0.125. The summed E-state index contributed by atoms with van der Waals surface area (Å²) in [4.78, 5) is 25.1. The zero-order chi connectivity index (χ0) is 20.5. The van der Waals surface area contributed by atoms with Crippen molar-refractivity contribution in [3.63, 3.8) is 0 Å². The van der Waals surface area contributed by atoms with Gasteiger partial charge in [0.15, 0.2) is 0 Å². The lowest BCUT2D eigenvalue weighted by atomic mass is 10.0. The molecule has 5 heteroatoms. The zero-order valence-corrected chi connectivity index (χ0v) is 16.2. The van der Waals surface area contributed by atoms with Crippen LogP contribution in [0.4, 0.5) is 0 Å². The van der Waals surface area contributed by atoms with Gasteiger partial charge < -0.3 is 5.32 Å². The topological polar surface area (TPSA) is 70.6 Å². The van der Waals surface area contributed by atoms with Crippen molar-refractivity contribution in [2.24, 2.45) is 5.10 Å². The summed E-state index contributed by atoms with van der Waals surface area (Å²) < 4.78 is 0. The van der Waals surface area contributed by atoms with Gasteiger partial charge in [0.2, 0.25) is 5.91 Å². The molecule has 5 nitrogen and oxygen atoms in total. The molecule has 3 rings (SSSR count). The molecule has 0 aromatic heterocycles. The van der Waals surface area contributed by atoms with Crippen molar-refractivity contribution in [2.45, 2.75) is 19.4 Å². The van der Waals surface area contributed by atoms with Gasteiger partial charge in [0.05, 0.1) is 18.2 Å². The molecule has 0 radical (unpaired) electrons. The zero-order valence-electron chi connectivity index (χ0n) is 16.2. The number of hydrogen-bond acceptors (Lipinski definition) is 3. The first-order valence-corrected chi connectivity index (χ1v) is 9.43. The van der Waals surface area contributed by atoms with Gasteiger partial charge in [-0.25, -0.2) is 5.43 Å². The van der Waals surface area contributed by atoms with Crippen LogP contribution in [-0.2, 0) is 4.79 Å². The largest absolute Gasteiger partial charge is 0.345 e. The van der Waals surface area contributed by atoms with Gasteiger partial charge in [-0.05, 0) is 30.2 Å². The Morgan fingerprint density at radius 3 is 1.90 bits per heavy atom. The van der Waals surface area contributed by atoms with E-state index < -0.39 is 6.04 Å². The van der Waals surface area contributed by atoms with Crippen LogP contribution >= 0.6 is 0 Å². The molecule has 1 unspecified atom stereocenters. The molecule has 146 valence electrons. The monoisotopic (exact) mass is 385 g/mol. The van der Waals surface area contributed by atoms with Crippen molar-refractivity contribution in [3.05, 3.63) is 108 Å². The maximum atomic E-state index is 12.6. The van der Waals surface area contributed by atoms with Crippen molar-refractivity contribution in [1.29, 1.82) is 0 Å². The minimum Gasteiger partial charge on any atom is -0.345 e. The number of rotatable bonds is 7. The van der Waals surface area contributed by atoms with E-state index in [1.54, 1.807) is 24.3 Å². The minimum atomic E-state index is -0.462. The van der Waals surface area contributed by atoms with Gasteiger partial charge in [0, 0.05) is 5.56 Å². The Hall–Kier alpha value is -3.73. The molecular weight excluding hydrogens is 362 g/mol. The number of benzene rings is 3. The van der Waals surface area contributed by atoms with Crippen molar-refractivity contribution in [2.75, 3.05) is 0 Å². The third kappa shape index (κ3) is 5.87. The Labute approximate surface area is 170 Å². The predicted octanol–water partition coefficient (Wildman–Crippen LogP) is 4.09. The van der Waals surface area contributed by atoms with Crippen LogP contribution in [0.1, 0.15) is 40.9 Å². The average molecular weight is 385 g/mol. The Morgan fingerprint density at radius 2 is 1.31 bits per heavy atom. The second-order valence-electron chi connectivity index (χ2n) is 6.61. The molecule has 0 aliphatic heterocycles. The van der Waals surface area contributed by atoms with Crippen LogP contribution in [0.2, 0.25) is 0 Å². The molecule has 0 saturated carbocycles. The highest BCUT2D eigenvalue weighted by Gasteiger charge is 2.19. The van der Waals surface area contributed by atoms with Crippen LogP contribution in [0.15, 0.2) is 96.1 Å². The molecule has 2 amide bonds. The van der Waals surface area contributed by atoms with E-state index in [1.165, 1.54) is 0 Å². The Balaban J connectivity index is 1.70. The first-order chi connectivity index (χ1) is 14.1. The summed E-state index contributed by atoms with van der Waals surface area (Å²) in [5, 5.41) is 7.13. The Morgan fingerprint density at radius 1 is 0.793 bits per heavy atom. The number of nitrogens with zero attached hydrogens (tertiary/aromatic N) is 1. The summed E-state index contributed by atoms with van der Waals surface area (Å²) in [5.74, 6) is -0.501. The predicted molar refractivity (Wildman–Crippen MR) is 115 cm³/mol. The summed E-state index contributed by atoms with van der Waals surface area (Å²) in [5.41, 5.74) is 5.64. The number of carbonyl (C=O) groups is 2. The van der Waals surface area contributed by atoms with Crippen LogP contribution in [-0.4, -0.2) is 17.5 Å². The second kappa shape index (κ2) is 9.99. The highest BCUT2D eigenvalue weighted by Crippen LogP contribution is 2.17. The van der Waals surface area contributed by atoms with Crippen LogP contribution in [0.3, 0.4) is 0 Å². The van der Waals surface area contributed by atoms with E-state index >= 15 is 0 Å². The smallest absolute Gasteiger partial charge is 0.251 e. The lowest BCUT2D eigenvalue weighted by Crippen LogP contribution is -2.32. The van der Waals surface area contributed by atoms with Crippen molar-refractivity contribution >= 4 is 17.5 Å². The van der Waals surface area contributed by atoms with Crippen molar-refractivity contribution in [1.82, 2.24) is 10.7 Å². The molecule has 0 spiro atoms. The molecular formula is C24H23N3O2. The van der Waals surface area contributed by atoms with Gasteiger partial charge in [-0.2, -0.15) is 5.10 Å². The Bertz CT molecular complexity index is 971. The first kappa shape index (κ1) is 20.0. The molecule has 0 aliphatic rings. The highest BCUT2D eigenvalue weighted by atomic mass is 16.2. The summed E-state index contributed by atoms with van der Waals surface area (Å²) in [6, 6.07) is 27.5. The number of carbonyl (C=O) groups excluding carboxylic acids is 2. The third-order valence-corrected chi connectivity index (χ3v) is 4.47. The van der Waals surface area contributed by atoms with E-state index in [0.29, 0.717) is 11.3 Å². The molecule has 0 saturated heterocycles. The SMILES string of the molecule is CC(=NNC(=O)CC(NC(=O)c1ccccc1)c1ccccc1)c1ccccc1. The van der Waals surface area contributed by atoms with Gasteiger partial charge in [-0.15, -0.1) is 0 Å². The summed E-state index contributed by atoms with van der Waals surface area (Å²) in [6.07, 6.45) is 0.0775. The lowest BCUT2D eigenvalue weighted by molar-refractivity contribution is -0.121. The van der Waals surface area contributed by atoms with Gasteiger partial charge in [-0.3, -0.25) is 9.59 Å². The van der Waals surface area contributed by atoms with Crippen molar-refractivity contribution in [3.8, 4) is 0 Å². The number of hydrazone groups is 1. The van der Waals surface area contributed by atoms with Crippen LogP contribution in [0.5, 0.6) is 0 Å². The average Bonchev–Trinajstić information content (AvgIpc) is 2.78. The number of nitrogens with one attached hydrogen (secondary N) is 2. The molecule has 0 fully saturated rings. The van der Waals surface area contributed by atoms with E-state index in [1.807, 2.05) is 73.7 Å². The van der Waals surface area contributed by atoms with E-state index in [-0.39, 0.29) is 18.2 Å². The second-order valence-corrected chi connectivity index (χ2v) is 6.61. The molecule has 0 bridgehead atoms. The van der Waals surface area contributed by atoms with E-state index in [4.69, 9.17) is 0 Å². The molecule has 3 aromatic rings. The highest BCUT2D eigenvalue weighted by molar-refractivity contribution is 5.99. The summed E-state index contributed by atoms with van der Waals surface area (Å²) >= 11 is 0. The molecule has 2 N–H and O–H groups in total. The van der Waals surface area contributed by atoms with E-state index in [9.17, 15) is 9.59 Å². The van der Waals surface area contributed by atoms with Gasteiger partial charge in [0.1, 0.15) is 0 Å². The summed E-state index contributed by atoms with van der Waals surface area (Å²) in [6.45, 7) is 1.83. The quantitative estimate of drug-likeness (QED) is 0.475. The molecule has 0 heterocycles. The standard InChI is InChI=1S/C24H23N3O2/c1-18(19-11-5-2-6-12-19)26-27-23(28)17-22(20-13-7-3-8-14-20)25-24(29)21-15-9-4-10-16-21/h2-16,22H,17H2,1H3,(H,25,29)(H,27,28). The maximum absolute atomic E-state index is 12.6. The maximum Gasteiger partial charge on any atom is 0.251 e. The summed E-state index contributed by atoms with van der Waals surface area (Å²) in [7, 11) is 0. The Kier molecular flexibility index (Phi) is 6.90. The van der Waals surface area contributed by atoms with Crippen LogP contribution in [0.25, 0.3) is 0 Å². The van der Waals surface area contributed by atoms with Gasteiger partial charge >= 0.3 is 0 Å². The van der Waals surface area contributed by atoms with E-state index in [2.05, 4.69) is 15.8 Å². The van der Waals surface area contributed by atoms with Crippen LogP contribution in [0, 0.1) is 0 Å². The minimum absolute atomic E-state index is 0.0775. The normalized spacial score (nSPS) is 12.1. The molecule has 1 atom stereocenters. The fourth-order valence-corrected chi connectivity index (χ4v) is 2.89. The lowest BCUT2D eigenvalue weighted by Gasteiger charge is -2.18. The van der Waals surface area contributed by atoms with Gasteiger partial charge in [0.25, 0.3) is 5.91 Å². The van der Waals surface area contributed by atoms with Crippen LogP contribution < -0.4 is 10.7 Å². The first-order valence-electron chi connectivity index (χ1n) is 9.43.